The van der Waals surface area contributed by atoms with E-state index in [0.717, 1.165) is 0 Å². The molecule has 0 amide bonds. The SMILES string of the molecule is [2H]C1([2H])OC([2H])([2H])C1([2H])Oc1ccc(N)cn1. The minimum atomic E-state index is -2.54. The lowest BCUT2D eigenvalue weighted by Crippen LogP contribution is -2.38. The summed E-state index contributed by atoms with van der Waals surface area (Å²) in [6, 6.07) is 2.78. The van der Waals surface area contributed by atoms with Crippen LogP contribution >= 0.6 is 0 Å². The van der Waals surface area contributed by atoms with Gasteiger partial charge in [-0.3, -0.25) is 0 Å². The van der Waals surface area contributed by atoms with Gasteiger partial charge >= 0.3 is 0 Å². The van der Waals surface area contributed by atoms with Crippen LogP contribution in [0.3, 0.4) is 0 Å². The summed E-state index contributed by atoms with van der Waals surface area (Å²) in [4.78, 5) is 3.72. The van der Waals surface area contributed by atoms with Crippen molar-refractivity contribution in [3.63, 3.8) is 0 Å². The Bertz CT molecular complexity index is 422. The molecule has 0 aliphatic carbocycles. The normalized spacial score (nSPS) is 34.2. The van der Waals surface area contributed by atoms with Crippen molar-refractivity contribution >= 4 is 5.69 Å². The Morgan fingerprint density at radius 1 is 1.75 bits per heavy atom. The van der Waals surface area contributed by atoms with E-state index in [1.807, 2.05) is 0 Å². The van der Waals surface area contributed by atoms with Crippen LogP contribution in [0, 0.1) is 0 Å². The number of hydrogen-bond acceptors (Lipinski definition) is 4. The second kappa shape index (κ2) is 2.98. The van der Waals surface area contributed by atoms with Crippen LogP contribution in [0.2, 0.25) is 0 Å². The molecule has 2 heterocycles. The van der Waals surface area contributed by atoms with Gasteiger partial charge in [0.2, 0.25) is 5.88 Å². The van der Waals surface area contributed by atoms with Gasteiger partial charge < -0.3 is 15.2 Å². The fourth-order valence-electron chi connectivity index (χ4n) is 0.691. The fraction of sp³-hybridized carbons (Fsp3) is 0.375. The molecule has 1 aromatic heterocycles. The average Bonchev–Trinajstić information content (AvgIpc) is 2.19. The van der Waals surface area contributed by atoms with Crippen LogP contribution in [-0.2, 0) is 4.74 Å². The molecule has 1 aliphatic rings. The maximum atomic E-state index is 7.69. The molecular formula is C8H10N2O2. The highest BCUT2D eigenvalue weighted by molar-refractivity contribution is 5.36. The van der Waals surface area contributed by atoms with Crippen molar-refractivity contribution in [3.8, 4) is 5.88 Å². The Hall–Kier alpha value is -1.29. The largest absolute Gasteiger partial charge is 0.469 e. The molecule has 1 saturated heterocycles. The van der Waals surface area contributed by atoms with Gasteiger partial charge in [-0.2, -0.15) is 0 Å². The first-order chi connectivity index (χ1) is 7.68. The first-order valence-corrected chi connectivity index (χ1v) is 3.29. The molecule has 64 valence electrons. The molecule has 12 heavy (non-hydrogen) atoms. The highest BCUT2D eigenvalue weighted by Gasteiger charge is 2.20. The number of hydrogen-bond donors (Lipinski definition) is 1. The summed E-state index contributed by atoms with van der Waals surface area (Å²) < 4.78 is 46.2. The minimum Gasteiger partial charge on any atom is -0.469 e. The number of ether oxygens (including phenoxy) is 2. The summed E-state index contributed by atoms with van der Waals surface area (Å²) >= 11 is 0. The number of rotatable bonds is 2. The zero-order valence-electron chi connectivity index (χ0n) is 11.1. The van der Waals surface area contributed by atoms with Crippen molar-refractivity contribution in [1.82, 2.24) is 4.98 Å². The summed E-state index contributed by atoms with van der Waals surface area (Å²) in [5.74, 6) is -0.0924. The van der Waals surface area contributed by atoms with E-state index < -0.39 is 19.2 Å². The highest BCUT2D eigenvalue weighted by Crippen LogP contribution is 2.13. The summed E-state index contributed by atoms with van der Waals surface area (Å²) in [6.45, 7) is -5.08. The van der Waals surface area contributed by atoms with Crippen molar-refractivity contribution < 1.29 is 16.3 Å². The molecule has 0 saturated carbocycles. The van der Waals surface area contributed by atoms with Crippen LogP contribution < -0.4 is 10.5 Å². The van der Waals surface area contributed by atoms with Crippen LogP contribution in [0.5, 0.6) is 5.88 Å². The number of pyridine rings is 1. The van der Waals surface area contributed by atoms with Gasteiger partial charge in [0.15, 0.2) is 0 Å². The maximum absolute atomic E-state index is 7.69. The molecule has 2 N–H and O–H groups in total. The first-order valence-electron chi connectivity index (χ1n) is 5.79. The molecule has 0 spiro atoms. The molecule has 4 nitrogen and oxygen atoms in total. The molecule has 0 aromatic carbocycles. The van der Waals surface area contributed by atoms with Gasteiger partial charge in [-0.15, -0.1) is 0 Å². The number of nitrogens with zero attached hydrogens (tertiary/aromatic N) is 1. The molecule has 1 aromatic rings. The van der Waals surface area contributed by atoms with Crippen LogP contribution in [0.25, 0.3) is 0 Å². The maximum Gasteiger partial charge on any atom is 0.213 e. The lowest BCUT2D eigenvalue weighted by atomic mass is 10.3. The van der Waals surface area contributed by atoms with E-state index in [0.29, 0.717) is 5.69 Å². The molecule has 0 unspecified atom stereocenters. The third-order valence-corrected chi connectivity index (χ3v) is 1.25. The van der Waals surface area contributed by atoms with E-state index in [4.69, 9.17) is 17.3 Å². The summed E-state index contributed by atoms with van der Waals surface area (Å²) in [5.41, 5.74) is 5.79. The Labute approximate surface area is 77.3 Å². The highest BCUT2D eigenvalue weighted by atomic mass is 16.6. The van der Waals surface area contributed by atoms with Crippen LogP contribution in [0.1, 0.15) is 6.85 Å². The predicted octanol–water partition coefficient (Wildman–Crippen LogP) is 0.441. The monoisotopic (exact) mass is 171 g/mol. The molecule has 4 heteroatoms. The van der Waals surface area contributed by atoms with Crippen LogP contribution in [-0.4, -0.2) is 24.2 Å². The second-order valence-electron chi connectivity index (χ2n) is 2.17. The third-order valence-electron chi connectivity index (χ3n) is 1.25. The Morgan fingerprint density at radius 3 is 3.17 bits per heavy atom. The average molecular weight is 171 g/mol. The Kier molecular flexibility index (Phi) is 0.899. The van der Waals surface area contributed by atoms with Gasteiger partial charge in [-0.1, -0.05) is 0 Å². The van der Waals surface area contributed by atoms with E-state index in [1.54, 1.807) is 0 Å². The second-order valence-corrected chi connectivity index (χ2v) is 2.17. The topological polar surface area (TPSA) is 57.4 Å². The van der Waals surface area contributed by atoms with E-state index in [9.17, 15) is 0 Å². The molecule has 0 bridgehead atoms. The number of anilines is 1. The van der Waals surface area contributed by atoms with E-state index in [1.165, 1.54) is 18.3 Å². The van der Waals surface area contributed by atoms with Gasteiger partial charge in [0.1, 0.15) is 6.08 Å². The number of aromatic nitrogens is 1. The van der Waals surface area contributed by atoms with Crippen molar-refractivity contribution in [2.45, 2.75) is 6.08 Å². The van der Waals surface area contributed by atoms with Gasteiger partial charge in [0, 0.05) is 6.07 Å². The van der Waals surface area contributed by atoms with Gasteiger partial charge in [0.05, 0.1) is 31.9 Å². The van der Waals surface area contributed by atoms with Crippen molar-refractivity contribution in [1.29, 1.82) is 0 Å². The van der Waals surface area contributed by atoms with Crippen molar-refractivity contribution in [2.24, 2.45) is 0 Å². The van der Waals surface area contributed by atoms with Crippen LogP contribution in [0.4, 0.5) is 5.69 Å². The van der Waals surface area contributed by atoms with Crippen molar-refractivity contribution in [3.05, 3.63) is 18.3 Å². The van der Waals surface area contributed by atoms with Crippen molar-refractivity contribution in [2.75, 3.05) is 18.9 Å². The van der Waals surface area contributed by atoms with E-state index >= 15 is 0 Å². The van der Waals surface area contributed by atoms with E-state index in [2.05, 4.69) is 9.72 Å². The summed E-state index contributed by atoms with van der Waals surface area (Å²) in [6.07, 6.45) is -1.23. The lowest BCUT2D eigenvalue weighted by molar-refractivity contribution is -0.0813. The zero-order valence-corrected chi connectivity index (χ0v) is 6.07. The number of nitrogen functional groups attached to an aromatic ring is 1. The zero-order chi connectivity index (χ0) is 12.9. The standard InChI is InChI=1S/C8H10N2O2/c9-6-1-2-8(10-3-6)12-7-4-11-5-7/h1-3,7H,4-5,9H2/i4D2,5D2,7D. The predicted molar refractivity (Wildman–Crippen MR) is 43.9 cm³/mol. The molecular weight excluding hydrogens is 156 g/mol. The lowest BCUT2D eigenvalue weighted by Gasteiger charge is -2.25. The molecule has 2 rings (SSSR count). The Morgan fingerprint density at radius 2 is 2.58 bits per heavy atom. The summed E-state index contributed by atoms with van der Waals surface area (Å²) in [5, 5.41) is 0. The quantitative estimate of drug-likeness (QED) is 0.701. The van der Waals surface area contributed by atoms with E-state index in [-0.39, 0.29) is 5.88 Å². The molecule has 1 aliphatic heterocycles. The Balaban J connectivity index is 2.25. The molecule has 1 fully saturated rings. The first kappa shape index (κ1) is 3.62. The third kappa shape index (κ3) is 1.48. The molecule has 0 atom stereocenters. The fourth-order valence-corrected chi connectivity index (χ4v) is 0.691. The van der Waals surface area contributed by atoms with Gasteiger partial charge in [0.25, 0.3) is 0 Å². The van der Waals surface area contributed by atoms with Crippen LogP contribution in [0.15, 0.2) is 18.3 Å². The summed E-state index contributed by atoms with van der Waals surface area (Å²) in [7, 11) is 0. The van der Waals surface area contributed by atoms with Gasteiger partial charge in [-0.05, 0) is 6.07 Å². The minimum absolute atomic E-state index is 0.0924. The smallest absolute Gasteiger partial charge is 0.213 e. The number of nitrogens with two attached hydrogens (primary N) is 1. The van der Waals surface area contributed by atoms with Gasteiger partial charge in [-0.25, -0.2) is 4.98 Å². The molecule has 0 radical (unpaired) electrons.